The molecule has 0 fully saturated rings. The predicted molar refractivity (Wildman–Crippen MR) is 250 cm³/mol. The molecule has 0 saturated carbocycles. The summed E-state index contributed by atoms with van der Waals surface area (Å²) < 4.78 is 7.33. The number of hydrogen-bond donors (Lipinski definition) is 0. The number of rotatable bonds is 4. The number of aromatic nitrogens is 3. The molecule has 0 amide bonds. The monoisotopic (exact) mass is 749 g/mol. The van der Waals surface area contributed by atoms with Gasteiger partial charge in [-0.25, -0.2) is 0 Å². The van der Waals surface area contributed by atoms with E-state index < -0.39 is 0 Å². The lowest BCUT2D eigenvalue weighted by Gasteiger charge is -2.12. The molecule has 0 radical (unpaired) electrons. The second-order valence-corrected chi connectivity index (χ2v) is 15.8. The third-order valence-corrected chi connectivity index (χ3v) is 12.6. The zero-order chi connectivity index (χ0) is 38.6. The highest BCUT2D eigenvalue weighted by molar-refractivity contribution is 6.20. The van der Waals surface area contributed by atoms with Crippen LogP contribution in [0.3, 0.4) is 0 Å². The first-order valence-corrected chi connectivity index (χ1v) is 20.3. The number of fused-ring (bicyclic) bond motifs is 11. The van der Waals surface area contributed by atoms with Crippen LogP contribution in [0.25, 0.3) is 115 Å². The second kappa shape index (κ2) is 12.3. The molecule has 13 rings (SSSR count). The van der Waals surface area contributed by atoms with Crippen LogP contribution in [0.5, 0.6) is 0 Å². The summed E-state index contributed by atoms with van der Waals surface area (Å²) in [4.78, 5) is 0. The Bertz CT molecular complexity index is 3840. The summed E-state index contributed by atoms with van der Waals surface area (Å²) in [7, 11) is 0. The van der Waals surface area contributed by atoms with E-state index >= 15 is 0 Å². The fourth-order valence-corrected chi connectivity index (χ4v) is 9.93. The van der Waals surface area contributed by atoms with E-state index in [2.05, 4.69) is 226 Å². The van der Waals surface area contributed by atoms with Crippen LogP contribution in [-0.4, -0.2) is 13.7 Å². The maximum atomic E-state index is 2.47. The SMILES string of the molecule is c1ccc(-n2c3ccccc3c3cc4c(cc32)c2cc(-c3ccc5c(c3)c3ccccc3n5-c3cccc5ccccc35)ccc2n4-c2ccc3ccccc3c2)cc1. The molecule has 0 aliphatic carbocycles. The van der Waals surface area contributed by atoms with Gasteiger partial charge in [-0.2, -0.15) is 0 Å². The molecule has 10 aromatic carbocycles. The van der Waals surface area contributed by atoms with Gasteiger partial charge < -0.3 is 13.7 Å². The molecule has 0 unspecified atom stereocenters. The Morgan fingerprint density at radius 2 is 0.712 bits per heavy atom. The molecule has 0 atom stereocenters. The van der Waals surface area contributed by atoms with Crippen molar-refractivity contribution in [2.24, 2.45) is 0 Å². The van der Waals surface area contributed by atoms with Crippen molar-refractivity contribution in [1.29, 1.82) is 0 Å². The van der Waals surface area contributed by atoms with E-state index in [-0.39, 0.29) is 0 Å². The van der Waals surface area contributed by atoms with Gasteiger partial charge in [0, 0.05) is 49.1 Å². The lowest BCUT2D eigenvalue weighted by Crippen LogP contribution is -1.95. The van der Waals surface area contributed by atoms with Crippen molar-refractivity contribution in [3.8, 4) is 28.2 Å². The fourth-order valence-electron chi connectivity index (χ4n) is 9.93. The molecule has 0 aliphatic heterocycles. The van der Waals surface area contributed by atoms with Gasteiger partial charge in [-0.05, 0) is 106 Å². The van der Waals surface area contributed by atoms with Gasteiger partial charge >= 0.3 is 0 Å². The van der Waals surface area contributed by atoms with Crippen molar-refractivity contribution in [3.63, 3.8) is 0 Å². The Labute approximate surface area is 339 Å². The molecule has 0 aliphatic rings. The first-order valence-electron chi connectivity index (χ1n) is 20.3. The van der Waals surface area contributed by atoms with Gasteiger partial charge in [-0.3, -0.25) is 0 Å². The van der Waals surface area contributed by atoms with Crippen LogP contribution < -0.4 is 0 Å². The Kier molecular flexibility index (Phi) is 6.72. The molecular formula is C56H35N3. The molecule has 3 heterocycles. The summed E-state index contributed by atoms with van der Waals surface area (Å²) in [5.41, 5.74) is 13.1. The summed E-state index contributed by atoms with van der Waals surface area (Å²) in [5, 5.41) is 12.4. The van der Waals surface area contributed by atoms with Crippen molar-refractivity contribution in [1.82, 2.24) is 13.7 Å². The van der Waals surface area contributed by atoms with E-state index in [0.717, 1.165) is 11.4 Å². The zero-order valence-electron chi connectivity index (χ0n) is 32.0. The standard InChI is InChI=1S/C56H35N3/c1-2-17-41(18-3-1)57-51-22-10-8-21-45(51)48-34-56-49(35-55(48)57)47-33-40(26-29-53(47)58(56)42-28-25-36-13-4-5-15-38(36)31-42)39-27-30-54-46(32-39)44-20-9-11-23-52(44)59(54)50-24-12-16-37-14-6-7-19-43(37)50/h1-35H. The summed E-state index contributed by atoms with van der Waals surface area (Å²) in [5.74, 6) is 0. The van der Waals surface area contributed by atoms with Crippen molar-refractivity contribution < 1.29 is 0 Å². The Balaban J connectivity index is 1.08. The van der Waals surface area contributed by atoms with Crippen molar-refractivity contribution in [3.05, 3.63) is 212 Å². The van der Waals surface area contributed by atoms with E-state index in [1.807, 2.05) is 0 Å². The third kappa shape index (κ3) is 4.70. The molecule has 3 aromatic heterocycles. The van der Waals surface area contributed by atoms with Gasteiger partial charge in [0.25, 0.3) is 0 Å². The maximum absolute atomic E-state index is 2.47. The first-order chi connectivity index (χ1) is 29.3. The number of nitrogens with zero attached hydrogens (tertiary/aromatic N) is 3. The third-order valence-electron chi connectivity index (χ3n) is 12.6. The van der Waals surface area contributed by atoms with Crippen LogP contribution in [0.1, 0.15) is 0 Å². The molecule has 0 saturated heterocycles. The topological polar surface area (TPSA) is 14.8 Å². The lowest BCUT2D eigenvalue weighted by molar-refractivity contribution is 1.18. The second-order valence-electron chi connectivity index (χ2n) is 15.8. The van der Waals surface area contributed by atoms with E-state index in [1.165, 1.54) is 104 Å². The van der Waals surface area contributed by atoms with Crippen LogP contribution in [0.15, 0.2) is 212 Å². The van der Waals surface area contributed by atoms with Crippen LogP contribution in [0.2, 0.25) is 0 Å². The minimum Gasteiger partial charge on any atom is -0.309 e. The molecule has 3 nitrogen and oxygen atoms in total. The van der Waals surface area contributed by atoms with E-state index in [4.69, 9.17) is 0 Å². The van der Waals surface area contributed by atoms with Gasteiger partial charge in [0.15, 0.2) is 0 Å². The molecule has 3 heteroatoms. The number of hydrogen-bond acceptors (Lipinski definition) is 0. The molecule has 274 valence electrons. The smallest absolute Gasteiger partial charge is 0.0548 e. The number of para-hydroxylation sites is 3. The van der Waals surface area contributed by atoms with Crippen LogP contribution in [-0.2, 0) is 0 Å². The summed E-state index contributed by atoms with van der Waals surface area (Å²) in [6, 6.07) is 78.1. The zero-order valence-corrected chi connectivity index (χ0v) is 32.0. The van der Waals surface area contributed by atoms with Gasteiger partial charge in [-0.15, -0.1) is 0 Å². The van der Waals surface area contributed by atoms with E-state index in [1.54, 1.807) is 0 Å². The molecule has 13 aromatic rings. The molecule has 0 spiro atoms. The van der Waals surface area contributed by atoms with Gasteiger partial charge in [-0.1, -0.05) is 133 Å². The predicted octanol–water partition coefficient (Wildman–Crippen LogP) is 15.0. The minimum atomic E-state index is 1.16. The molecule has 0 bridgehead atoms. The van der Waals surface area contributed by atoms with E-state index in [9.17, 15) is 0 Å². The largest absolute Gasteiger partial charge is 0.309 e. The van der Waals surface area contributed by atoms with Crippen LogP contribution in [0.4, 0.5) is 0 Å². The van der Waals surface area contributed by atoms with Crippen molar-refractivity contribution >= 4 is 87.0 Å². The Hall–Kier alpha value is -7.88. The summed E-state index contributed by atoms with van der Waals surface area (Å²) in [6.45, 7) is 0. The van der Waals surface area contributed by atoms with Crippen LogP contribution >= 0.6 is 0 Å². The first kappa shape index (κ1) is 32.2. The maximum Gasteiger partial charge on any atom is 0.0548 e. The van der Waals surface area contributed by atoms with E-state index in [0.29, 0.717) is 0 Å². The highest BCUT2D eigenvalue weighted by atomic mass is 15.0. The highest BCUT2D eigenvalue weighted by Crippen LogP contribution is 2.42. The van der Waals surface area contributed by atoms with Gasteiger partial charge in [0.1, 0.15) is 0 Å². The molecular weight excluding hydrogens is 715 g/mol. The average Bonchev–Trinajstić information content (AvgIpc) is 3.92. The van der Waals surface area contributed by atoms with Crippen molar-refractivity contribution in [2.75, 3.05) is 0 Å². The average molecular weight is 750 g/mol. The van der Waals surface area contributed by atoms with Gasteiger partial charge in [0.2, 0.25) is 0 Å². The number of benzene rings is 10. The lowest BCUT2D eigenvalue weighted by atomic mass is 10.00. The Morgan fingerprint density at radius 3 is 1.44 bits per heavy atom. The summed E-state index contributed by atoms with van der Waals surface area (Å²) >= 11 is 0. The molecule has 59 heavy (non-hydrogen) atoms. The van der Waals surface area contributed by atoms with Crippen molar-refractivity contribution in [2.45, 2.75) is 0 Å². The van der Waals surface area contributed by atoms with Crippen LogP contribution in [0, 0.1) is 0 Å². The summed E-state index contributed by atoms with van der Waals surface area (Å²) in [6.07, 6.45) is 0. The normalized spacial score (nSPS) is 12.1. The van der Waals surface area contributed by atoms with Gasteiger partial charge in [0.05, 0.1) is 38.8 Å². The fraction of sp³-hybridized carbons (Fsp3) is 0. The minimum absolute atomic E-state index is 1.16. The highest BCUT2D eigenvalue weighted by Gasteiger charge is 2.20. The Morgan fingerprint density at radius 1 is 0.220 bits per heavy atom. The quantitative estimate of drug-likeness (QED) is 0.170. The molecule has 0 N–H and O–H groups in total.